The number of carboxylic acid groups (broad SMARTS) is 1. The molecule has 0 aromatic heterocycles. The first-order chi connectivity index (χ1) is 11.0. The van der Waals surface area contributed by atoms with E-state index in [2.05, 4.69) is 0 Å². The molecule has 24 heavy (non-hydrogen) atoms. The van der Waals surface area contributed by atoms with Crippen molar-refractivity contribution in [2.75, 3.05) is 38.6 Å². The molecule has 140 valence electrons. The van der Waals surface area contributed by atoms with E-state index in [0.29, 0.717) is 11.5 Å². The number of hydrogen-bond donors (Lipinski definition) is 2. The standard InChI is InChI=1S/C12H19F3N2O6S/c1-2-23-3-4-24(21,22)16-5-10(18)17-6-8(11(19)20)9(7-17)12(13,14)15/h8-9,16H,2-7H2,1H3,(H,19,20)/t8-,9-/m1/s1. The van der Waals surface area contributed by atoms with E-state index < -0.39 is 65.3 Å². The molecule has 1 rings (SSSR count). The Kier molecular flexibility index (Phi) is 6.98. The molecule has 0 aromatic carbocycles. The van der Waals surface area contributed by atoms with Crippen LogP contribution >= 0.6 is 0 Å². The molecule has 1 saturated heterocycles. The van der Waals surface area contributed by atoms with Gasteiger partial charge in [0.25, 0.3) is 0 Å². The molecule has 8 nitrogen and oxygen atoms in total. The monoisotopic (exact) mass is 376 g/mol. The molecule has 0 radical (unpaired) electrons. The van der Waals surface area contributed by atoms with Crippen LogP contribution in [0.15, 0.2) is 0 Å². The number of ether oxygens (including phenoxy) is 1. The molecule has 0 aromatic rings. The lowest BCUT2D eigenvalue weighted by Gasteiger charge is -2.18. The largest absolute Gasteiger partial charge is 0.481 e. The minimum Gasteiger partial charge on any atom is -0.481 e. The maximum absolute atomic E-state index is 12.8. The van der Waals surface area contributed by atoms with Gasteiger partial charge in [0, 0.05) is 19.7 Å². The van der Waals surface area contributed by atoms with Gasteiger partial charge in [-0.25, -0.2) is 13.1 Å². The molecule has 1 amide bonds. The fourth-order valence-electron chi connectivity index (χ4n) is 2.26. The summed E-state index contributed by atoms with van der Waals surface area (Å²) in [5, 5.41) is 8.86. The van der Waals surface area contributed by atoms with E-state index in [1.807, 2.05) is 4.72 Å². The van der Waals surface area contributed by atoms with Crippen LogP contribution in [0.4, 0.5) is 13.2 Å². The summed E-state index contributed by atoms with van der Waals surface area (Å²) >= 11 is 0. The number of likely N-dealkylation sites (tertiary alicyclic amines) is 1. The van der Waals surface area contributed by atoms with Crippen LogP contribution in [0.1, 0.15) is 6.92 Å². The van der Waals surface area contributed by atoms with Gasteiger partial charge in [-0.15, -0.1) is 0 Å². The SMILES string of the molecule is CCOCCS(=O)(=O)NCC(=O)N1C[C@@H](C(F)(F)F)[C@H](C(=O)O)C1. The van der Waals surface area contributed by atoms with E-state index in [4.69, 9.17) is 9.84 Å². The van der Waals surface area contributed by atoms with Crippen LogP contribution < -0.4 is 4.72 Å². The summed E-state index contributed by atoms with van der Waals surface area (Å²) in [6.07, 6.45) is -4.75. The molecule has 0 saturated carbocycles. The molecule has 0 unspecified atom stereocenters. The van der Waals surface area contributed by atoms with Crippen LogP contribution in [0.25, 0.3) is 0 Å². The van der Waals surface area contributed by atoms with Gasteiger partial charge in [0.2, 0.25) is 15.9 Å². The molecular weight excluding hydrogens is 357 g/mol. The maximum atomic E-state index is 12.8. The van der Waals surface area contributed by atoms with Crippen molar-refractivity contribution in [2.45, 2.75) is 13.1 Å². The first-order valence-electron chi connectivity index (χ1n) is 7.10. The van der Waals surface area contributed by atoms with Gasteiger partial charge in [-0.3, -0.25) is 9.59 Å². The third-order valence-electron chi connectivity index (χ3n) is 3.55. The van der Waals surface area contributed by atoms with Gasteiger partial charge in [-0.1, -0.05) is 0 Å². The van der Waals surface area contributed by atoms with Crippen LogP contribution in [-0.2, 0) is 24.3 Å². The number of hydrogen-bond acceptors (Lipinski definition) is 5. The van der Waals surface area contributed by atoms with Gasteiger partial charge in [-0.05, 0) is 6.92 Å². The van der Waals surface area contributed by atoms with E-state index >= 15 is 0 Å². The molecule has 0 spiro atoms. The normalized spacial score (nSPS) is 21.9. The summed E-state index contributed by atoms with van der Waals surface area (Å²) < 4.78 is 68.5. The number of nitrogens with one attached hydrogen (secondary N) is 1. The zero-order valence-corrected chi connectivity index (χ0v) is 13.7. The van der Waals surface area contributed by atoms with Crippen molar-refractivity contribution in [3.63, 3.8) is 0 Å². The lowest BCUT2D eigenvalue weighted by Crippen LogP contribution is -2.41. The quantitative estimate of drug-likeness (QED) is 0.561. The first-order valence-corrected chi connectivity index (χ1v) is 8.75. The molecule has 0 aliphatic carbocycles. The zero-order chi connectivity index (χ0) is 18.5. The molecule has 1 aliphatic rings. The van der Waals surface area contributed by atoms with Crippen LogP contribution in [0, 0.1) is 11.8 Å². The number of halogens is 3. The van der Waals surface area contributed by atoms with Crippen molar-refractivity contribution in [3.05, 3.63) is 0 Å². The van der Waals surface area contributed by atoms with E-state index in [9.17, 15) is 31.2 Å². The fourth-order valence-corrected chi connectivity index (χ4v) is 3.08. The summed E-state index contributed by atoms with van der Waals surface area (Å²) in [5.74, 6) is -6.88. The number of amides is 1. The van der Waals surface area contributed by atoms with Crippen LogP contribution in [0.3, 0.4) is 0 Å². The Balaban J connectivity index is 2.61. The highest BCUT2D eigenvalue weighted by Gasteiger charge is 2.53. The van der Waals surface area contributed by atoms with Crippen LogP contribution in [0.5, 0.6) is 0 Å². The van der Waals surface area contributed by atoms with E-state index in [-0.39, 0.29) is 6.61 Å². The number of nitrogens with zero attached hydrogens (tertiary/aromatic N) is 1. The van der Waals surface area contributed by atoms with Crippen molar-refractivity contribution < 1.29 is 41.0 Å². The van der Waals surface area contributed by atoms with Gasteiger partial charge in [-0.2, -0.15) is 13.2 Å². The molecule has 1 aliphatic heterocycles. The second-order valence-corrected chi connectivity index (χ2v) is 7.15. The second-order valence-electron chi connectivity index (χ2n) is 5.23. The fraction of sp³-hybridized carbons (Fsp3) is 0.833. The van der Waals surface area contributed by atoms with E-state index in [0.717, 1.165) is 0 Å². The molecular formula is C12H19F3N2O6S. The number of alkyl halides is 3. The van der Waals surface area contributed by atoms with Crippen molar-refractivity contribution in [3.8, 4) is 0 Å². The molecule has 1 heterocycles. The number of rotatable bonds is 8. The topological polar surface area (TPSA) is 113 Å². The van der Waals surface area contributed by atoms with Crippen molar-refractivity contribution in [1.29, 1.82) is 0 Å². The minimum absolute atomic E-state index is 0.0824. The summed E-state index contributed by atoms with van der Waals surface area (Å²) in [7, 11) is -3.81. The van der Waals surface area contributed by atoms with Crippen LogP contribution in [-0.4, -0.2) is 75.1 Å². The molecule has 0 bridgehead atoms. The molecule has 2 atom stereocenters. The maximum Gasteiger partial charge on any atom is 0.394 e. The minimum atomic E-state index is -4.75. The second kappa shape index (κ2) is 8.12. The van der Waals surface area contributed by atoms with Gasteiger partial charge in [0.1, 0.15) is 0 Å². The van der Waals surface area contributed by atoms with Crippen LogP contribution in [0.2, 0.25) is 0 Å². The average molecular weight is 376 g/mol. The predicted octanol–water partition coefficient (Wildman–Crippen LogP) is -0.336. The number of carbonyl (C=O) groups is 2. The highest BCUT2D eigenvalue weighted by atomic mass is 32.2. The van der Waals surface area contributed by atoms with Gasteiger partial charge >= 0.3 is 12.1 Å². The number of sulfonamides is 1. The Morgan fingerprint density at radius 2 is 1.96 bits per heavy atom. The molecule has 1 fully saturated rings. The summed E-state index contributed by atoms with van der Waals surface area (Å²) in [6.45, 7) is -0.240. The third kappa shape index (κ3) is 5.91. The average Bonchev–Trinajstić information content (AvgIpc) is 2.90. The first kappa shape index (κ1) is 20.6. The molecule has 12 heteroatoms. The van der Waals surface area contributed by atoms with Gasteiger partial charge in [0.15, 0.2) is 0 Å². The number of aliphatic carboxylic acids is 1. The number of carboxylic acids is 1. The Labute approximate surface area is 137 Å². The summed E-state index contributed by atoms with van der Waals surface area (Å²) in [6, 6.07) is 0. The third-order valence-corrected chi connectivity index (χ3v) is 4.84. The van der Waals surface area contributed by atoms with Crippen molar-refractivity contribution >= 4 is 21.9 Å². The Hall–Kier alpha value is -1.40. The lowest BCUT2D eigenvalue weighted by molar-refractivity contribution is -0.188. The Morgan fingerprint density at radius 3 is 2.42 bits per heavy atom. The predicted molar refractivity (Wildman–Crippen MR) is 75.5 cm³/mol. The Morgan fingerprint density at radius 1 is 1.33 bits per heavy atom. The van der Waals surface area contributed by atoms with Gasteiger partial charge < -0.3 is 14.7 Å². The van der Waals surface area contributed by atoms with E-state index in [1.54, 1.807) is 6.92 Å². The smallest absolute Gasteiger partial charge is 0.394 e. The summed E-state index contributed by atoms with van der Waals surface area (Å²) in [5.41, 5.74) is 0. The zero-order valence-electron chi connectivity index (χ0n) is 12.9. The molecule has 2 N–H and O–H groups in total. The number of carbonyl (C=O) groups excluding carboxylic acids is 1. The highest BCUT2D eigenvalue weighted by molar-refractivity contribution is 7.89. The van der Waals surface area contributed by atoms with Crippen molar-refractivity contribution in [1.82, 2.24) is 9.62 Å². The lowest BCUT2D eigenvalue weighted by atomic mass is 9.96. The summed E-state index contributed by atoms with van der Waals surface area (Å²) in [4.78, 5) is 23.5. The van der Waals surface area contributed by atoms with E-state index in [1.165, 1.54) is 0 Å². The highest BCUT2D eigenvalue weighted by Crippen LogP contribution is 2.37. The Bertz CT molecular complexity index is 566. The van der Waals surface area contributed by atoms with Gasteiger partial charge in [0.05, 0.1) is 30.7 Å². The van der Waals surface area contributed by atoms with Crippen molar-refractivity contribution in [2.24, 2.45) is 11.8 Å².